The van der Waals surface area contributed by atoms with Crippen molar-refractivity contribution in [1.29, 1.82) is 0 Å². The lowest BCUT2D eigenvalue weighted by atomic mass is 9.96. The Morgan fingerprint density at radius 2 is 1.74 bits per heavy atom. The first-order valence-corrected chi connectivity index (χ1v) is 12.3. The van der Waals surface area contributed by atoms with E-state index in [4.69, 9.17) is 9.72 Å². The van der Waals surface area contributed by atoms with Gasteiger partial charge in [-0.15, -0.1) is 0 Å². The fourth-order valence-corrected chi connectivity index (χ4v) is 4.49. The number of hydrogen-bond acceptors (Lipinski definition) is 5. The molecule has 0 unspecified atom stereocenters. The maximum atomic E-state index is 6.12. The highest BCUT2D eigenvalue weighted by Crippen LogP contribution is 2.31. The molecule has 178 valence electrons. The number of benzene rings is 2. The molecule has 5 rings (SSSR count). The molecule has 3 heterocycles. The third-order valence-electron chi connectivity index (χ3n) is 6.50. The molecule has 1 aliphatic rings. The van der Waals surface area contributed by atoms with Gasteiger partial charge in [0.25, 0.3) is 0 Å². The van der Waals surface area contributed by atoms with Crippen LogP contribution in [0.2, 0.25) is 0 Å². The second-order valence-electron chi connectivity index (χ2n) is 10.2. The van der Waals surface area contributed by atoms with Gasteiger partial charge in [0.1, 0.15) is 23.9 Å². The maximum Gasteiger partial charge on any atom is 0.181 e. The van der Waals surface area contributed by atoms with Crippen LogP contribution in [-0.4, -0.2) is 56.5 Å². The highest BCUT2D eigenvalue weighted by atomic mass is 16.5. The Bertz CT molecular complexity index is 1240. The molecule has 0 spiro atoms. The van der Waals surface area contributed by atoms with Crippen LogP contribution >= 0.6 is 0 Å². The van der Waals surface area contributed by atoms with Crippen LogP contribution in [0.1, 0.15) is 52.3 Å². The minimum atomic E-state index is -0.0796. The summed E-state index contributed by atoms with van der Waals surface area (Å²) in [7, 11) is 0. The van der Waals surface area contributed by atoms with E-state index in [1.54, 1.807) is 0 Å². The van der Waals surface area contributed by atoms with Crippen LogP contribution in [0.4, 0.5) is 0 Å². The molecular weight excluding hydrogens is 424 g/mol. The molecule has 2 aromatic carbocycles. The molecule has 0 radical (unpaired) electrons. The van der Waals surface area contributed by atoms with E-state index in [-0.39, 0.29) is 5.41 Å². The summed E-state index contributed by atoms with van der Waals surface area (Å²) in [5.74, 6) is 2.45. The van der Waals surface area contributed by atoms with Gasteiger partial charge in [0.15, 0.2) is 5.82 Å². The summed E-state index contributed by atoms with van der Waals surface area (Å²) in [6, 6.07) is 14.4. The largest absolute Gasteiger partial charge is 0.492 e. The average molecular weight is 459 g/mol. The van der Waals surface area contributed by atoms with Crippen molar-refractivity contribution in [2.75, 3.05) is 26.2 Å². The van der Waals surface area contributed by atoms with Crippen molar-refractivity contribution >= 4 is 10.9 Å². The number of rotatable bonds is 6. The molecule has 2 aromatic heterocycles. The van der Waals surface area contributed by atoms with Crippen LogP contribution in [-0.2, 0) is 5.41 Å². The topological polar surface area (TPSA) is 82.7 Å². The minimum Gasteiger partial charge on any atom is -0.492 e. The molecule has 1 fully saturated rings. The lowest BCUT2D eigenvalue weighted by molar-refractivity contribution is 0.214. The van der Waals surface area contributed by atoms with Crippen LogP contribution < -0.4 is 4.74 Å². The number of likely N-dealkylation sites (tertiary alicyclic amines) is 1. The second kappa shape index (κ2) is 9.58. The third kappa shape index (κ3) is 4.99. The molecule has 1 saturated heterocycles. The summed E-state index contributed by atoms with van der Waals surface area (Å²) >= 11 is 0. The number of nitrogens with zero attached hydrogens (tertiary/aromatic N) is 4. The molecule has 0 bridgehead atoms. The number of hydrogen-bond donors (Lipinski definition) is 2. The zero-order valence-corrected chi connectivity index (χ0v) is 20.4. The molecule has 34 heavy (non-hydrogen) atoms. The number of nitrogens with one attached hydrogen (secondary N) is 2. The molecule has 0 aliphatic carbocycles. The highest BCUT2D eigenvalue weighted by Gasteiger charge is 2.20. The van der Waals surface area contributed by atoms with Gasteiger partial charge in [-0.2, -0.15) is 10.2 Å². The van der Waals surface area contributed by atoms with Gasteiger partial charge in [0.2, 0.25) is 0 Å². The first-order chi connectivity index (χ1) is 16.5. The Kier molecular flexibility index (Phi) is 6.37. The number of aromatic amines is 2. The molecule has 0 amide bonds. The first-order valence-electron chi connectivity index (χ1n) is 12.3. The predicted octanol–water partition coefficient (Wildman–Crippen LogP) is 5.57. The van der Waals surface area contributed by atoms with E-state index < -0.39 is 0 Å². The van der Waals surface area contributed by atoms with E-state index in [1.807, 2.05) is 24.3 Å². The summed E-state index contributed by atoms with van der Waals surface area (Å²) in [6.45, 7) is 10.4. The molecular formula is C27H34N6O. The van der Waals surface area contributed by atoms with Crippen LogP contribution in [0.15, 0.2) is 42.5 Å². The standard InChI is InChI=1S/C27H34N6O/c1-27(2,3)26-28-25(31-32-26)20-11-12-23-22(18-20)24(30-29-23)19-9-8-10-21(17-19)34-16-15-33-13-6-4-5-7-14-33/h8-12,17-18H,4-7,13-16H2,1-3H3,(H,29,30)(H,28,31,32). The summed E-state index contributed by atoms with van der Waals surface area (Å²) in [5, 5.41) is 16.3. The third-order valence-corrected chi connectivity index (χ3v) is 6.50. The Morgan fingerprint density at radius 3 is 2.50 bits per heavy atom. The molecule has 7 heteroatoms. The Labute approximate surface area is 200 Å². The SMILES string of the molecule is CC(C)(C)c1nc(-c2ccc3[nH]nc(-c4cccc(OCCN5CCCCCC5)c4)c3c2)n[nH]1. The van der Waals surface area contributed by atoms with Gasteiger partial charge in [0.05, 0.1) is 5.52 Å². The van der Waals surface area contributed by atoms with Crippen molar-refractivity contribution in [3.05, 3.63) is 48.3 Å². The Morgan fingerprint density at radius 1 is 0.912 bits per heavy atom. The Hall–Kier alpha value is -3.19. The van der Waals surface area contributed by atoms with Crippen LogP contribution in [0, 0.1) is 0 Å². The van der Waals surface area contributed by atoms with E-state index >= 15 is 0 Å². The molecule has 1 aliphatic heterocycles. The molecule has 0 atom stereocenters. The minimum absolute atomic E-state index is 0.0796. The van der Waals surface area contributed by atoms with Gasteiger partial charge >= 0.3 is 0 Å². The molecule has 7 nitrogen and oxygen atoms in total. The van der Waals surface area contributed by atoms with E-state index in [0.717, 1.165) is 45.8 Å². The van der Waals surface area contributed by atoms with E-state index in [9.17, 15) is 0 Å². The van der Waals surface area contributed by atoms with Crippen molar-refractivity contribution in [3.8, 4) is 28.4 Å². The number of fused-ring (bicyclic) bond motifs is 1. The summed E-state index contributed by atoms with van der Waals surface area (Å²) in [5.41, 5.74) is 3.80. The summed E-state index contributed by atoms with van der Waals surface area (Å²) in [6.07, 6.45) is 5.31. The number of ether oxygens (including phenoxy) is 1. The van der Waals surface area contributed by atoms with Crippen molar-refractivity contribution in [1.82, 2.24) is 30.3 Å². The smallest absolute Gasteiger partial charge is 0.181 e. The van der Waals surface area contributed by atoms with E-state index in [2.05, 4.69) is 64.3 Å². The summed E-state index contributed by atoms with van der Waals surface area (Å²) in [4.78, 5) is 7.24. The predicted molar refractivity (Wildman–Crippen MR) is 136 cm³/mol. The number of aromatic nitrogens is 5. The van der Waals surface area contributed by atoms with Crippen LogP contribution in [0.25, 0.3) is 33.5 Å². The molecule has 0 saturated carbocycles. The normalized spacial score (nSPS) is 15.5. The monoisotopic (exact) mass is 458 g/mol. The molecule has 4 aromatic rings. The van der Waals surface area contributed by atoms with E-state index in [0.29, 0.717) is 12.4 Å². The first kappa shape index (κ1) is 22.6. The lowest BCUT2D eigenvalue weighted by Gasteiger charge is -2.19. The number of H-pyrrole nitrogens is 2. The van der Waals surface area contributed by atoms with Gasteiger partial charge in [-0.05, 0) is 56.3 Å². The van der Waals surface area contributed by atoms with Gasteiger partial charge in [-0.25, -0.2) is 4.98 Å². The highest BCUT2D eigenvalue weighted by molar-refractivity contribution is 5.95. The zero-order valence-electron chi connectivity index (χ0n) is 20.4. The van der Waals surface area contributed by atoms with Gasteiger partial charge in [-0.3, -0.25) is 15.1 Å². The van der Waals surface area contributed by atoms with Crippen molar-refractivity contribution in [3.63, 3.8) is 0 Å². The summed E-state index contributed by atoms with van der Waals surface area (Å²) < 4.78 is 6.12. The Balaban J connectivity index is 1.34. The van der Waals surface area contributed by atoms with Crippen molar-refractivity contribution in [2.45, 2.75) is 51.9 Å². The van der Waals surface area contributed by atoms with Crippen LogP contribution in [0.3, 0.4) is 0 Å². The quantitative estimate of drug-likeness (QED) is 0.395. The fourth-order valence-electron chi connectivity index (χ4n) is 4.49. The van der Waals surface area contributed by atoms with Gasteiger partial charge < -0.3 is 4.74 Å². The van der Waals surface area contributed by atoms with E-state index in [1.165, 1.54) is 38.8 Å². The zero-order chi connectivity index (χ0) is 23.5. The van der Waals surface area contributed by atoms with Gasteiger partial charge in [-0.1, -0.05) is 45.7 Å². The maximum absolute atomic E-state index is 6.12. The molecule has 2 N–H and O–H groups in total. The fraction of sp³-hybridized carbons (Fsp3) is 0.444. The lowest BCUT2D eigenvalue weighted by Crippen LogP contribution is -2.29. The van der Waals surface area contributed by atoms with Crippen molar-refractivity contribution in [2.24, 2.45) is 0 Å². The average Bonchev–Trinajstić information content (AvgIpc) is 3.41. The van der Waals surface area contributed by atoms with Gasteiger partial charge in [0, 0.05) is 28.5 Å². The van der Waals surface area contributed by atoms with Crippen LogP contribution in [0.5, 0.6) is 5.75 Å². The second-order valence-corrected chi connectivity index (χ2v) is 10.2. The van der Waals surface area contributed by atoms with Crippen molar-refractivity contribution < 1.29 is 4.74 Å².